The van der Waals surface area contributed by atoms with E-state index in [1.807, 2.05) is 0 Å². The lowest BCUT2D eigenvalue weighted by atomic mass is 9.74. The number of hydrogen-bond acceptors (Lipinski definition) is 0. The molecule has 0 spiro atoms. The number of rotatable bonds is 5. The van der Waals surface area contributed by atoms with E-state index in [0.717, 1.165) is 0 Å². The largest absolute Gasteiger partial charge is 0.0649 e. The van der Waals surface area contributed by atoms with Crippen LogP contribution in [0.5, 0.6) is 0 Å². The quantitative estimate of drug-likeness (QED) is 0.561. The summed E-state index contributed by atoms with van der Waals surface area (Å²) in [7, 11) is 0. The summed E-state index contributed by atoms with van der Waals surface area (Å²) >= 11 is 0. The highest BCUT2D eigenvalue weighted by Gasteiger charge is 2.24. The van der Waals surface area contributed by atoms with E-state index in [4.69, 9.17) is 0 Å². The van der Waals surface area contributed by atoms with Crippen LogP contribution >= 0.6 is 0 Å². The topological polar surface area (TPSA) is 0 Å². The Hall–Kier alpha value is 0. The lowest BCUT2D eigenvalue weighted by Crippen LogP contribution is -2.20. The van der Waals surface area contributed by atoms with Crippen molar-refractivity contribution in [3.63, 3.8) is 0 Å². The van der Waals surface area contributed by atoms with Gasteiger partial charge in [-0.2, -0.15) is 0 Å². The molecule has 0 fully saturated rings. The minimum absolute atomic E-state index is 0.584. The fourth-order valence-corrected chi connectivity index (χ4v) is 1.92. The van der Waals surface area contributed by atoms with Crippen molar-refractivity contribution in [2.75, 3.05) is 0 Å². The van der Waals surface area contributed by atoms with Crippen LogP contribution in [0.25, 0.3) is 0 Å². The first-order chi connectivity index (χ1) is 5.10. The third kappa shape index (κ3) is 3.27. The van der Waals surface area contributed by atoms with Gasteiger partial charge in [-0.05, 0) is 17.8 Å². The first kappa shape index (κ1) is 11.0. The van der Waals surface area contributed by atoms with Crippen LogP contribution in [0.1, 0.15) is 53.4 Å². The zero-order valence-electron chi connectivity index (χ0n) is 8.61. The molecule has 0 heterocycles. The van der Waals surface area contributed by atoms with Gasteiger partial charge in [0.15, 0.2) is 0 Å². The summed E-state index contributed by atoms with van der Waals surface area (Å²) in [6, 6.07) is 0. The van der Waals surface area contributed by atoms with Gasteiger partial charge in [0.25, 0.3) is 0 Å². The van der Waals surface area contributed by atoms with Gasteiger partial charge >= 0.3 is 0 Å². The van der Waals surface area contributed by atoms with Crippen molar-refractivity contribution >= 4 is 0 Å². The van der Waals surface area contributed by atoms with Crippen molar-refractivity contribution in [2.24, 2.45) is 11.3 Å². The normalized spacial score (nSPS) is 12.5. The Labute approximate surface area is 72.4 Å². The predicted molar refractivity (Wildman–Crippen MR) is 52.4 cm³/mol. The molecule has 1 atom stereocenters. The van der Waals surface area contributed by atoms with Crippen LogP contribution in [-0.4, -0.2) is 0 Å². The lowest BCUT2D eigenvalue weighted by molar-refractivity contribution is 0.206. The Balaban J connectivity index is 4.05. The molecule has 0 aliphatic rings. The Morgan fingerprint density at radius 3 is 1.55 bits per heavy atom. The molecule has 0 saturated heterocycles. The molecule has 0 rings (SSSR count). The second kappa shape index (κ2) is 4.79. The van der Waals surface area contributed by atoms with Crippen molar-refractivity contribution in [3.8, 4) is 0 Å². The van der Waals surface area contributed by atoms with E-state index >= 15 is 0 Å². The molecule has 0 aromatic heterocycles. The highest BCUT2D eigenvalue weighted by Crippen LogP contribution is 2.36. The zero-order valence-corrected chi connectivity index (χ0v) is 8.61. The van der Waals surface area contributed by atoms with E-state index in [1.54, 1.807) is 0 Å². The molecule has 0 amide bonds. The molecular formula is C11H23. The standard InChI is InChI=1S/C11H23/c1-6-11(7-2,8-3)9-10(4)5/h10H,4,6-9H2,1-3,5H3. The van der Waals surface area contributed by atoms with Crippen molar-refractivity contribution in [1.82, 2.24) is 0 Å². The van der Waals surface area contributed by atoms with Gasteiger partial charge in [-0.15, -0.1) is 0 Å². The van der Waals surface area contributed by atoms with Crippen molar-refractivity contribution < 1.29 is 0 Å². The molecule has 0 saturated carbocycles. The van der Waals surface area contributed by atoms with Crippen LogP contribution in [0.15, 0.2) is 0 Å². The summed E-state index contributed by atoms with van der Waals surface area (Å²) in [4.78, 5) is 0. The Morgan fingerprint density at radius 2 is 1.45 bits per heavy atom. The minimum Gasteiger partial charge on any atom is -0.0649 e. The van der Waals surface area contributed by atoms with Crippen molar-refractivity contribution in [3.05, 3.63) is 6.92 Å². The third-order valence-corrected chi connectivity index (χ3v) is 3.03. The molecule has 0 aliphatic heterocycles. The van der Waals surface area contributed by atoms with Crippen molar-refractivity contribution in [1.29, 1.82) is 0 Å². The molecule has 0 aliphatic carbocycles. The lowest BCUT2D eigenvalue weighted by Gasteiger charge is -2.32. The van der Waals surface area contributed by atoms with E-state index in [0.29, 0.717) is 11.3 Å². The number of hydrogen-bond donors (Lipinski definition) is 0. The van der Waals surface area contributed by atoms with Crippen LogP contribution in [0.2, 0.25) is 0 Å². The van der Waals surface area contributed by atoms with Crippen LogP contribution < -0.4 is 0 Å². The molecule has 1 radical (unpaired) electrons. The van der Waals surface area contributed by atoms with E-state index < -0.39 is 0 Å². The second-order valence-corrected chi connectivity index (χ2v) is 3.87. The predicted octanol–water partition coefficient (Wildman–Crippen LogP) is 4.06. The van der Waals surface area contributed by atoms with Crippen LogP contribution in [0, 0.1) is 18.3 Å². The van der Waals surface area contributed by atoms with Gasteiger partial charge in [0.05, 0.1) is 0 Å². The van der Waals surface area contributed by atoms with Gasteiger partial charge in [-0.1, -0.05) is 53.9 Å². The van der Waals surface area contributed by atoms with E-state index in [-0.39, 0.29) is 0 Å². The van der Waals surface area contributed by atoms with E-state index in [2.05, 4.69) is 34.6 Å². The van der Waals surface area contributed by atoms with Gasteiger partial charge in [-0.25, -0.2) is 0 Å². The van der Waals surface area contributed by atoms with E-state index in [9.17, 15) is 0 Å². The molecule has 67 valence electrons. The average Bonchev–Trinajstić information content (AvgIpc) is 2.00. The summed E-state index contributed by atoms with van der Waals surface area (Å²) in [6.45, 7) is 13.2. The molecule has 0 aromatic rings. The molecular weight excluding hydrogens is 132 g/mol. The fourth-order valence-electron chi connectivity index (χ4n) is 1.92. The fraction of sp³-hybridized carbons (Fsp3) is 0.909. The maximum absolute atomic E-state index is 4.07. The van der Waals surface area contributed by atoms with Gasteiger partial charge in [-0.3, -0.25) is 0 Å². The summed E-state index contributed by atoms with van der Waals surface area (Å²) in [5.74, 6) is 0.606. The maximum atomic E-state index is 4.07. The maximum Gasteiger partial charge on any atom is -0.0303 e. The van der Waals surface area contributed by atoms with Gasteiger partial charge in [0, 0.05) is 0 Å². The molecule has 0 bridgehead atoms. The molecule has 0 N–H and O–H groups in total. The Kier molecular flexibility index (Phi) is 4.79. The van der Waals surface area contributed by atoms with Gasteiger partial charge < -0.3 is 0 Å². The van der Waals surface area contributed by atoms with Gasteiger partial charge in [0.1, 0.15) is 0 Å². The van der Waals surface area contributed by atoms with Gasteiger partial charge in [0.2, 0.25) is 0 Å². The van der Waals surface area contributed by atoms with Crippen LogP contribution in [0.4, 0.5) is 0 Å². The highest BCUT2D eigenvalue weighted by atomic mass is 14.3. The zero-order chi connectivity index (χ0) is 8.91. The molecule has 1 unspecified atom stereocenters. The third-order valence-electron chi connectivity index (χ3n) is 3.03. The summed E-state index contributed by atoms with van der Waals surface area (Å²) in [6.07, 6.45) is 5.20. The molecule has 0 heteroatoms. The second-order valence-electron chi connectivity index (χ2n) is 3.87. The first-order valence-electron chi connectivity index (χ1n) is 4.93. The highest BCUT2D eigenvalue weighted by molar-refractivity contribution is 4.77. The van der Waals surface area contributed by atoms with E-state index in [1.165, 1.54) is 25.7 Å². The monoisotopic (exact) mass is 155 g/mol. The average molecular weight is 155 g/mol. The summed E-state index contributed by atoms with van der Waals surface area (Å²) < 4.78 is 0. The molecule has 0 nitrogen and oxygen atoms in total. The van der Waals surface area contributed by atoms with Crippen LogP contribution in [0.3, 0.4) is 0 Å². The van der Waals surface area contributed by atoms with Crippen molar-refractivity contribution in [2.45, 2.75) is 53.4 Å². The Bertz CT molecular complexity index is 79.9. The minimum atomic E-state index is 0.584. The molecule has 11 heavy (non-hydrogen) atoms. The summed E-state index contributed by atoms with van der Waals surface area (Å²) in [5.41, 5.74) is 0.584. The smallest absolute Gasteiger partial charge is 0.0303 e. The SMILES string of the molecule is [CH2]C(C)CC(CC)(CC)CC. The van der Waals surface area contributed by atoms with Crippen LogP contribution in [-0.2, 0) is 0 Å². The Morgan fingerprint density at radius 1 is 1.09 bits per heavy atom. The summed E-state index contributed by atoms with van der Waals surface area (Å²) in [5, 5.41) is 0. The first-order valence-corrected chi connectivity index (χ1v) is 4.93. The molecule has 0 aromatic carbocycles.